The third-order valence-corrected chi connectivity index (χ3v) is 3.44. The van der Waals surface area contributed by atoms with Crippen molar-refractivity contribution in [1.29, 1.82) is 0 Å². The Hall–Kier alpha value is -1.84. The minimum atomic E-state index is 0.559. The molecule has 4 heteroatoms. The second kappa shape index (κ2) is 5.67. The molecule has 2 aromatic rings. The van der Waals surface area contributed by atoms with Gasteiger partial charge in [-0.2, -0.15) is 0 Å². The molecule has 0 fully saturated rings. The van der Waals surface area contributed by atoms with Gasteiger partial charge in [0.1, 0.15) is 5.82 Å². The average Bonchev–Trinajstić information content (AvgIpc) is 2.84. The fourth-order valence-corrected chi connectivity index (χ4v) is 2.15. The number of pyridine rings is 1. The number of nitrogen functional groups attached to an aromatic ring is 1. The second-order valence-electron chi connectivity index (χ2n) is 4.55. The molecule has 0 aliphatic rings. The maximum absolute atomic E-state index is 5.92. The van der Waals surface area contributed by atoms with E-state index >= 15 is 0 Å². The Kier molecular flexibility index (Phi) is 3.97. The molecule has 0 radical (unpaired) electrons. The van der Waals surface area contributed by atoms with Crippen molar-refractivity contribution in [1.82, 2.24) is 14.5 Å². The lowest BCUT2D eigenvalue weighted by atomic mass is 10.0. The number of anilines is 1. The first-order chi connectivity index (χ1) is 8.76. The van der Waals surface area contributed by atoms with Crippen LogP contribution in [-0.2, 0) is 6.54 Å². The van der Waals surface area contributed by atoms with E-state index in [4.69, 9.17) is 5.73 Å². The van der Waals surface area contributed by atoms with E-state index in [2.05, 4.69) is 28.4 Å². The van der Waals surface area contributed by atoms with E-state index in [1.165, 1.54) is 12.8 Å². The molecule has 0 spiro atoms. The van der Waals surface area contributed by atoms with E-state index in [1.807, 2.05) is 24.7 Å². The highest BCUT2D eigenvalue weighted by Gasteiger charge is 2.11. The third-order valence-electron chi connectivity index (χ3n) is 3.44. The molecule has 0 aliphatic carbocycles. The zero-order valence-corrected chi connectivity index (χ0v) is 11.0. The summed E-state index contributed by atoms with van der Waals surface area (Å²) in [6.07, 6.45) is 7.80. The Balaban J connectivity index is 2.31. The highest BCUT2D eigenvalue weighted by molar-refractivity contribution is 5.70. The summed E-state index contributed by atoms with van der Waals surface area (Å²) < 4.78 is 2.17. The van der Waals surface area contributed by atoms with E-state index in [0.29, 0.717) is 11.7 Å². The summed E-state index contributed by atoms with van der Waals surface area (Å²) in [6, 6.07) is 3.89. The quantitative estimate of drug-likeness (QED) is 0.879. The number of imidazole rings is 1. The summed E-state index contributed by atoms with van der Waals surface area (Å²) in [5.41, 5.74) is 7.93. The maximum atomic E-state index is 5.92. The van der Waals surface area contributed by atoms with Crippen LogP contribution in [0.25, 0.3) is 11.3 Å². The molecule has 2 rings (SSSR count). The summed E-state index contributed by atoms with van der Waals surface area (Å²) in [6.45, 7) is 5.43. The van der Waals surface area contributed by atoms with Crippen LogP contribution < -0.4 is 5.73 Å². The van der Waals surface area contributed by atoms with Gasteiger partial charge in [-0.3, -0.25) is 0 Å². The number of hydrogen-bond acceptors (Lipinski definition) is 3. The number of rotatable bonds is 5. The zero-order valence-electron chi connectivity index (χ0n) is 11.0. The molecule has 2 aromatic heterocycles. The number of hydrogen-bond donors (Lipinski definition) is 1. The van der Waals surface area contributed by atoms with Gasteiger partial charge in [0, 0.05) is 18.3 Å². The van der Waals surface area contributed by atoms with Gasteiger partial charge in [-0.1, -0.05) is 26.7 Å². The van der Waals surface area contributed by atoms with Crippen LogP contribution in [0, 0.1) is 5.92 Å². The predicted octanol–water partition coefficient (Wildman–Crippen LogP) is 2.96. The van der Waals surface area contributed by atoms with E-state index < -0.39 is 0 Å². The fourth-order valence-electron chi connectivity index (χ4n) is 2.15. The molecule has 2 heterocycles. The highest BCUT2D eigenvalue weighted by Crippen LogP contribution is 2.24. The van der Waals surface area contributed by atoms with Crippen LogP contribution in [0.3, 0.4) is 0 Å². The van der Waals surface area contributed by atoms with Crippen molar-refractivity contribution in [3.63, 3.8) is 0 Å². The Morgan fingerprint density at radius 2 is 2.11 bits per heavy atom. The summed E-state index contributed by atoms with van der Waals surface area (Å²) >= 11 is 0. The Labute approximate surface area is 108 Å². The van der Waals surface area contributed by atoms with Crippen molar-refractivity contribution >= 4 is 5.82 Å². The minimum Gasteiger partial charge on any atom is -0.383 e. The molecule has 0 atom stereocenters. The Morgan fingerprint density at radius 1 is 1.33 bits per heavy atom. The second-order valence-corrected chi connectivity index (χ2v) is 4.55. The van der Waals surface area contributed by atoms with Gasteiger partial charge in [0.2, 0.25) is 0 Å². The van der Waals surface area contributed by atoms with Crippen LogP contribution in [-0.4, -0.2) is 14.5 Å². The standard InChI is InChI=1S/C14H20N4/c1-3-11(4-2)9-18-10-16-8-13(18)12-6-5-7-17-14(12)15/h5-8,10-11H,3-4,9H2,1-2H3,(H2,15,17). The SMILES string of the molecule is CCC(CC)Cn1cncc1-c1cccnc1N. The molecular formula is C14H20N4. The fraction of sp³-hybridized carbons (Fsp3) is 0.429. The molecule has 0 aliphatic heterocycles. The van der Waals surface area contributed by atoms with Crippen LogP contribution in [0.2, 0.25) is 0 Å². The van der Waals surface area contributed by atoms with Crippen molar-refractivity contribution in [2.75, 3.05) is 5.73 Å². The number of aromatic nitrogens is 3. The largest absolute Gasteiger partial charge is 0.383 e. The van der Waals surface area contributed by atoms with Gasteiger partial charge in [0.15, 0.2) is 0 Å². The van der Waals surface area contributed by atoms with Gasteiger partial charge in [0.05, 0.1) is 18.2 Å². The van der Waals surface area contributed by atoms with Crippen molar-refractivity contribution < 1.29 is 0 Å². The smallest absolute Gasteiger partial charge is 0.132 e. The first kappa shape index (κ1) is 12.6. The van der Waals surface area contributed by atoms with Gasteiger partial charge in [0.25, 0.3) is 0 Å². The topological polar surface area (TPSA) is 56.7 Å². The normalized spacial score (nSPS) is 11.1. The van der Waals surface area contributed by atoms with Crippen LogP contribution >= 0.6 is 0 Å². The van der Waals surface area contributed by atoms with E-state index in [-0.39, 0.29) is 0 Å². The average molecular weight is 244 g/mol. The van der Waals surface area contributed by atoms with Crippen LogP contribution in [0.5, 0.6) is 0 Å². The molecule has 2 N–H and O–H groups in total. The molecular weight excluding hydrogens is 224 g/mol. The van der Waals surface area contributed by atoms with Crippen molar-refractivity contribution in [3.05, 3.63) is 30.9 Å². The van der Waals surface area contributed by atoms with Crippen molar-refractivity contribution in [2.24, 2.45) is 5.92 Å². The molecule has 0 bridgehead atoms. The first-order valence-electron chi connectivity index (χ1n) is 6.47. The number of nitrogens with zero attached hydrogens (tertiary/aromatic N) is 3. The molecule has 0 saturated heterocycles. The summed E-state index contributed by atoms with van der Waals surface area (Å²) in [5.74, 6) is 1.24. The molecule has 0 saturated carbocycles. The summed E-state index contributed by atoms with van der Waals surface area (Å²) in [4.78, 5) is 8.37. The highest BCUT2D eigenvalue weighted by atomic mass is 15.1. The van der Waals surface area contributed by atoms with Gasteiger partial charge < -0.3 is 10.3 Å². The first-order valence-corrected chi connectivity index (χ1v) is 6.47. The lowest BCUT2D eigenvalue weighted by Crippen LogP contribution is -2.10. The van der Waals surface area contributed by atoms with Crippen molar-refractivity contribution in [3.8, 4) is 11.3 Å². The van der Waals surface area contributed by atoms with Crippen molar-refractivity contribution in [2.45, 2.75) is 33.2 Å². The molecule has 4 nitrogen and oxygen atoms in total. The van der Waals surface area contributed by atoms with E-state index in [0.717, 1.165) is 17.8 Å². The molecule has 0 aromatic carbocycles. The third kappa shape index (κ3) is 2.53. The monoisotopic (exact) mass is 244 g/mol. The van der Waals surface area contributed by atoms with Crippen LogP contribution in [0.4, 0.5) is 5.82 Å². The molecule has 18 heavy (non-hydrogen) atoms. The van der Waals surface area contributed by atoms with Crippen LogP contribution in [0.15, 0.2) is 30.9 Å². The Morgan fingerprint density at radius 3 is 2.78 bits per heavy atom. The Bertz CT molecular complexity index is 500. The van der Waals surface area contributed by atoms with Gasteiger partial charge in [-0.15, -0.1) is 0 Å². The minimum absolute atomic E-state index is 0.559. The lowest BCUT2D eigenvalue weighted by Gasteiger charge is -2.15. The zero-order chi connectivity index (χ0) is 13.0. The predicted molar refractivity (Wildman–Crippen MR) is 73.9 cm³/mol. The summed E-state index contributed by atoms with van der Waals surface area (Å²) in [7, 11) is 0. The van der Waals surface area contributed by atoms with Gasteiger partial charge in [-0.25, -0.2) is 9.97 Å². The molecule has 0 amide bonds. The molecule has 0 unspecified atom stereocenters. The van der Waals surface area contributed by atoms with Gasteiger partial charge in [-0.05, 0) is 18.1 Å². The van der Waals surface area contributed by atoms with E-state index in [9.17, 15) is 0 Å². The van der Waals surface area contributed by atoms with Gasteiger partial charge >= 0.3 is 0 Å². The molecule has 96 valence electrons. The van der Waals surface area contributed by atoms with Crippen LogP contribution in [0.1, 0.15) is 26.7 Å². The maximum Gasteiger partial charge on any atom is 0.132 e. The number of nitrogens with two attached hydrogens (primary N) is 1. The lowest BCUT2D eigenvalue weighted by molar-refractivity contribution is 0.420. The van der Waals surface area contributed by atoms with E-state index in [1.54, 1.807) is 6.20 Å². The summed E-state index contributed by atoms with van der Waals surface area (Å²) in [5, 5.41) is 0.